The number of nitrogen functional groups attached to an aromatic ring is 1. The second-order valence-corrected chi connectivity index (χ2v) is 5.55. The summed E-state index contributed by atoms with van der Waals surface area (Å²) < 4.78 is 7.30. The zero-order chi connectivity index (χ0) is 16.7. The topological polar surface area (TPSA) is 123 Å². The number of anilines is 2. The normalized spacial score (nSPS) is 27.3. The van der Waals surface area contributed by atoms with Crippen molar-refractivity contribution in [3.05, 3.63) is 6.33 Å². The minimum absolute atomic E-state index is 0.0949. The van der Waals surface area contributed by atoms with Gasteiger partial charge in [0.1, 0.15) is 12.2 Å². The molecular formula is C14H18N6O3. The number of rotatable bonds is 3. The van der Waals surface area contributed by atoms with Gasteiger partial charge >= 0.3 is 0 Å². The van der Waals surface area contributed by atoms with Crippen molar-refractivity contribution in [1.82, 2.24) is 19.5 Å². The maximum atomic E-state index is 10.2. The SMILES string of the molecule is C#C[C@@H]1C(n2cnc3c(N(C)C)nc(N)nc32)OC(CO)[C@H]1O. The van der Waals surface area contributed by atoms with E-state index in [9.17, 15) is 10.2 Å². The fourth-order valence-corrected chi connectivity index (χ4v) is 2.73. The predicted octanol–water partition coefficient (Wildman–Crippen LogP) is -1.03. The van der Waals surface area contributed by atoms with Gasteiger partial charge in [-0.05, 0) is 0 Å². The predicted molar refractivity (Wildman–Crippen MR) is 83.4 cm³/mol. The zero-order valence-electron chi connectivity index (χ0n) is 12.8. The van der Waals surface area contributed by atoms with Gasteiger partial charge in [-0.25, -0.2) is 4.98 Å². The molecule has 1 aliphatic rings. The lowest BCUT2D eigenvalue weighted by atomic mass is 10.0. The third-order valence-corrected chi connectivity index (χ3v) is 3.86. The maximum absolute atomic E-state index is 10.2. The molecule has 4 atom stereocenters. The highest BCUT2D eigenvalue weighted by atomic mass is 16.5. The average Bonchev–Trinajstić information content (AvgIpc) is 3.06. The number of terminal acetylenes is 1. The van der Waals surface area contributed by atoms with Crippen LogP contribution in [0.25, 0.3) is 11.2 Å². The van der Waals surface area contributed by atoms with E-state index in [-0.39, 0.29) is 12.6 Å². The van der Waals surface area contributed by atoms with Crippen LogP contribution in [-0.2, 0) is 4.74 Å². The van der Waals surface area contributed by atoms with Crippen LogP contribution in [0.2, 0.25) is 0 Å². The van der Waals surface area contributed by atoms with Gasteiger partial charge in [0.15, 0.2) is 23.2 Å². The summed E-state index contributed by atoms with van der Waals surface area (Å²) in [6, 6.07) is 0. The highest BCUT2D eigenvalue weighted by molar-refractivity contribution is 5.84. The molecule has 0 saturated carbocycles. The second kappa shape index (κ2) is 5.66. The largest absolute Gasteiger partial charge is 0.394 e. The van der Waals surface area contributed by atoms with Crippen molar-refractivity contribution < 1.29 is 14.9 Å². The Kier molecular flexibility index (Phi) is 3.81. The van der Waals surface area contributed by atoms with Crippen LogP contribution in [0.1, 0.15) is 6.23 Å². The number of fused-ring (bicyclic) bond motifs is 1. The van der Waals surface area contributed by atoms with Crippen molar-refractivity contribution in [3.63, 3.8) is 0 Å². The van der Waals surface area contributed by atoms with E-state index in [1.54, 1.807) is 9.47 Å². The molecule has 2 aromatic rings. The number of aliphatic hydroxyl groups excluding tert-OH is 2. The third kappa shape index (κ3) is 2.37. The highest BCUT2D eigenvalue weighted by Gasteiger charge is 2.44. The number of nitrogens with zero attached hydrogens (tertiary/aromatic N) is 5. The van der Waals surface area contributed by atoms with Crippen LogP contribution in [0, 0.1) is 18.3 Å². The Hall–Kier alpha value is -2.41. The fraction of sp³-hybridized carbons (Fsp3) is 0.500. The molecule has 0 aromatic carbocycles. The molecular weight excluding hydrogens is 300 g/mol. The van der Waals surface area contributed by atoms with E-state index in [1.165, 1.54) is 6.33 Å². The molecule has 3 heterocycles. The Morgan fingerprint density at radius 2 is 2.22 bits per heavy atom. The van der Waals surface area contributed by atoms with E-state index >= 15 is 0 Å². The lowest BCUT2D eigenvalue weighted by Gasteiger charge is -2.17. The molecule has 2 unspecified atom stereocenters. The van der Waals surface area contributed by atoms with Crippen molar-refractivity contribution in [1.29, 1.82) is 0 Å². The summed E-state index contributed by atoms with van der Waals surface area (Å²) in [5, 5.41) is 19.5. The molecule has 0 aliphatic carbocycles. The van der Waals surface area contributed by atoms with Crippen LogP contribution in [0.4, 0.5) is 11.8 Å². The Morgan fingerprint density at radius 1 is 1.48 bits per heavy atom. The van der Waals surface area contributed by atoms with E-state index in [4.69, 9.17) is 16.9 Å². The molecule has 9 nitrogen and oxygen atoms in total. The van der Waals surface area contributed by atoms with Gasteiger partial charge in [0.2, 0.25) is 5.95 Å². The fourth-order valence-electron chi connectivity index (χ4n) is 2.73. The van der Waals surface area contributed by atoms with Crippen LogP contribution in [0.3, 0.4) is 0 Å². The second-order valence-electron chi connectivity index (χ2n) is 5.55. The van der Waals surface area contributed by atoms with Gasteiger partial charge < -0.3 is 25.6 Å². The van der Waals surface area contributed by atoms with Gasteiger partial charge in [0.25, 0.3) is 0 Å². The van der Waals surface area contributed by atoms with E-state index in [0.29, 0.717) is 17.0 Å². The standard InChI is InChI=1S/C14H18N6O3/c1-4-7-10(22)8(5-21)23-13(7)20-6-16-9-11(19(2)3)17-14(15)18-12(9)20/h1,6-8,10,13,21-22H,5H2,2-3H3,(H2,15,17,18)/t7-,8?,10-,13?/m0/s1. The Labute approximate surface area is 132 Å². The van der Waals surface area contributed by atoms with Crippen LogP contribution in [0.15, 0.2) is 6.33 Å². The van der Waals surface area contributed by atoms with Crippen molar-refractivity contribution in [2.24, 2.45) is 5.92 Å². The van der Waals surface area contributed by atoms with Crippen LogP contribution in [0.5, 0.6) is 0 Å². The molecule has 0 bridgehead atoms. The van der Waals surface area contributed by atoms with Crippen molar-refractivity contribution in [2.75, 3.05) is 31.3 Å². The molecule has 3 rings (SSSR count). The van der Waals surface area contributed by atoms with Crippen molar-refractivity contribution >= 4 is 22.9 Å². The van der Waals surface area contributed by atoms with Gasteiger partial charge in [-0.1, -0.05) is 5.92 Å². The first kappa shape index (κ1) is 15.5. The molecule has 122 valence electrons. The summed E-state index contributed by atoms with van der Waals surface area (Å²) in [5.74, 6) is 2.54. The summed E-state index contributed by atoms with van der Waals surface area (Å²) >= 11 is 0. The molecule has 0 spiro atoms. The number of hydrogen-bond donors (Lipinski definition) is 3. The first-order valence-corrected chi connectivity index (χ1v) is 7.05. The molecule has 0 radical (unpaired) electrons. The Bertz CT molecular complexity index is 768. The summed E-state index contributed by atoms with van der Waals surface area (Å²) in [7, 11) is 3.64. The highest BCUT2D eigenvalue weighted by Crippen LogP contribution is 2.36. The number of ether oxygens (including phenoxy) is 1. The van der Waals surface area contributed by atoms with Gasteiger partial charge in [-0.2, -0.15) is 9.97 Å². The maximum Gasteiger partial charge on any atom is 0.224 e. The Balaban J connectivity index is 2.12. The molecule has 23 heavy (non-hydrogen) atoms. The number of nitrogens with two attached hydrogens (primary N) is 1. The minimum atomic E-state index is -0.972. The molecule has 1 saturated heterocycles. The van der Waals surface area contributed by atoms with Crippen molar-refractivity contribution in [2.45, 2.75) is 18.4 Å². The molecule has 2 aromatic heterocycles. The van der Waals surface area contributed by atoms with Crippen molar-refractivity contribution in [3.8, 4) is 12.3 Å². The van der Waals surface area contributed by atoms with Gasteiger partial charge in [0.05, 0.1) is 18.9 Å². The quantitative estimate of drug-likeness (QED) is 0.614. The summed E-state index contributed by atoms with van der Waals surface area (Å²) in [5.41, 5.74) is 6.78. The smallest absolute Gasteiger partial charge is 0.224 e. The third-order valence-electron chi connectivity index (χ3n) is 3.86. The molecule has 0 amide bonds. The number of hydrogen-bond acceptors (Lipinski definition) is 8. The van der Waals surface area contributed by atoms with Gasteiger partial charge in [0, 0.05) is 14.1 Å². The van der Waals surface area contributed by atoms with Crippen LogP contribution >= 0.6 is 0 Å². The Morgan fingerprint density at radius 3 is 2.83 bits per heavy atom. The minimum Gasteiger partial charge on any atom is -0.394 e. The van der Waals surface area contributed by atoms with E-state index in [1.807, 2.05) is 14.1 Å². The zero-order valence-corrected chi connectivity index (χ0v) is 12.8. The van der Waals surface area contributed by atoms with E-state index in [2.05, 4.69) is 20.9 Å². The van der Waals surface area contributed by atoms with E-state index in [0.717, 1.165) is 0 Å². The number of imidazole rings is 1. The lowest BCUT2D eigenvalue weighted by Crippen LogP contribution is -2.28. The molecule has 1 aliphatic heterocycles. The van der Waals surface area contributed by atoms with Crippen LogP contribution in [-0.4, -0.2) is 62.6 Å². The molecule has 4 N–H and O–H groups in total. The van der Waals surface area contributed by atoms with Gasteiger partial charge in [-0.3, -0.25) is 4.57 Å². The summed E-state index contributed by atoms with van der Waals surface area (Å²) in [6.07, 6.45) is 4.62. The van der Waals surface area contributed by atoms with Gasteiger partial charge in [-0.15, -0.1) is 6.42 Å². The number of aromatic nitrogens is 4. The average molecular weight is 318 g/mol. The number of aliphatic hydroxyl groups is 2. The first-order chi connectivity index (χ1) is 11.0. The lowest BCUT2D eigenvalue weighted by molar-refractivity contribution is -0.0441. The first-order valence-electron chi connectivity index (χ1n) is 7.05. The monoisotopic (exact) mass is 318 g/mol. The van der Waals surface area contributed by atoms with Crippen LogP contribution < -0.4 is 10.6 Å². The molecule has 1 fully saturated rings. The summed E-state index contributed by atoms with van der Waals surface area (Å²) in [4.78, 5) is 14.5. The van der Waals surface area contributed by atoms with E-state index < -0.39 is 24.4 Å². The summed E-state index contributed by atoms with van der Waals surface area (Å²) in [6.45, 7) is -0.331. The molecule has 9 heteroatoms.